The average Bonchev–Trinajstić information content (AvgIpc) is 2.24. The minimum atomic E-state index is 0.567. The molecule has 1 aromatic rings. The van der Waals surface area contributed by atoms with Gasteiger partial charge in [0.1, 0.15) is 0 Å². The molecule has 0 aliphatic carbocycles. The first-order chi connectivity index (χ1) is 7.58. The molecule has 0 saturated carbocycles. The summed E-state index contributed by atoms with van der Waals surface area (Å²) in [4.78, 5) is 0. The third-order valence-electron chi connectivity index (χ3n) is 3.25. The standard InChI is InChI=1S/C14H22ClN/c1-5-14(16-4)11(3)9-12-7-6-10(2)8-13(12)15/h6-8,11,14,16H,5,9H2,1-4H3. The fraction of sp³-hybridized carbons (Fsp3) is 0.571. The number of hydrogen-bond acceptors (Lipinski definition) is 1. The minimum absolute atomic E-state index is 0.567. The Hall–Kier alpha value is -0.530. The number of benzene rings is 1. The van der Waals surface area contributed by atoms with Gasteiger partial charge in [0.25, 0.3) is 0 Å². The van der Waals surface area contributed by atoms with E-state index in [0.717, 1.165) is 17.9 Å². The van der Waals surface area contributed by atoms with Crippen LogP contribution >= 0.6 is 11.6 Å². The molecule has 16 heavy (non-hydrogen) atoms. The highest BCUT2D eigenvalue weighted by molar-refractivity contribution is 6.31. The van der Waals surface area contributed by atoms with Gasteiger partial charge in [-0.2, -0.15) is 0 Å². The van der Waals surface area contributed by atoms with E-state index in [0.29, 0.717) is 12.0 Å². The van der Waals surface area contributed by atoms with Crippen molar-refractivity contribution >= 4 is 11.6 Å². The largest absolute Gasteiger partial charge is 0.317 e. The van der Waals surface area contributed by atoms with Crippen LogP contribution < -0.4 is 5.32 Å². The molecule has 2 heteroatoms. The van der Waals surface area contributed by atoms with Crippen molar-refractivity contribution in [2.24, 2.45) is 5.92 Å². The van der Waals surface area contributed by atoms with Crippen LogP contribution in [0.5, 0.6) is 0 Å². The summed E-state index contributed by atoms with van der Waals surface area (Å²) in [6, 6.07) is 6.90. The number of rotatable bonds is 5. The molecular formula is C14H22ClN. The second-order valence-corrected chi connectivity index (χ2v) is 4.99. The summed E-state index contributed by atoms with van der Waals surface area (Å²) in [7, 11) is 2.03. The number of aryl methyl sites for hydroxylation is 1. The van der Waals surface area contributed by atoms with Gasteiger partial charge in [-0.3, -0.25) is 0 Å². The lowest BCUT2D eigenvalue weighted by molar-refractivity contribution is 0.387. The highest BCUT2D eigenvalue weighted by atomic mass is 35.5. The summed E-state index contributed by atoms with van der Waals surface area (Å²) < 4.78 is 0. The Morgan fingerprint density at radius 3 is 2.56 bits per heavy atom. The van der Waals surface area contributed by atoms with Crippen molar-refractivity contribution in [2.75, 3.05) is 7.05 Å². The lowest BCUT2D eigenvalue weighted by Crippen LogP contribution is -2.32. The lowest BCUT2D eigenvalue weighted by atomic mass is 9.92. The molecule has 2 unspecified atom stereocenters. The van der Waals surface area contributed by atoms with Gasteiger partial charge < -0.3 is 5.32 Å². The van der Waals surface area contributed by atoms with Crippen molar-refractivity contribution in [3.63, 3.8) is 0 Å². The van der Waals surface area contributed by atoms with Gasteiger partial charge in [-0.15, -0.1) is 0 Å². The molecule has 0 aliphatic heterocycles. The van der Waals surface area contributed by atoms with Crippen molar-refractivity contribution < 1.29 is 0 Å². The summed E-state index contributed by atoms with van der Waals surface area (Å²) in [6.45, 7) is 6.57. The molecule has 0 bridgehead atoms. The molecule has 0 radical (unpaired) electrons. The van der Waals surface area contributed by atoms with E-state index < -0.39 is 0 Å². The molecule has 2 atom stereocenters. The topological polar surface area (TPSA) is 12.0 Å². The van der Waals surface area contributed by atoms with Crippen LogP contribution in [0, 0.1) is 12.8 Å². The number of nitrogens with one attached hydrogen (secondary N) is 1. The van der Waals surface area contributed by atoms with Gasteiger partial charge in [0.15, 0.2) is 0 Å². The first-order valence-corrected chi connectivity index (χ1v) is 6.38. The van der Waals surface area contributed by atoms with Crippen LogP contribution in [0.1, 0.15) is 31.4 Å². The van der Waals surface area contributed by atoms with Crippen LogP contribution in [-0.4, -0.2) is 13.1 Å². The highest BCUT2D eigenvalue weighted by Crippen LogP contribution is 2.22. The maximum absolute atomic E-state index is 6.24. The third-order valence-corrected chi connectivity index (χ3v) is 3.60. The highest BCUT2D eigenvalue weighted by Gasteiger charge is 2.15. The van der Waals surface area contributed by atoms with E-state index >= 15 is 0 Å². The molecule has 1 aromatic carbocycles. The quantitative estimate of drug-likeness (QED) is 0.824. The molecule has 0 amide bonds. The summed E-state index contributed by atoms with van der Waals surface area (Å²) in [5.74, 6) is 0.607. The van der Waals surface area contributed by atoms with Crippen LogP contribution in [0.15, 0.2) is 18.2 Å². The average molecular weight is 240 g/mol. The van der Waals surface area contributed by atoms with Gasteiger partial charge in [0.05, 0.1) is 0 Å². The van der Waals surface area contributed by atoms with Gasteiger partial charge in [-0.05, 0) is 49.9 Å². The third kappa shape index (κ3) is 3.50. The molecule has 0 spiro atoms. The van der Waals surface area contributed by atoms with Crippen LogP contribution in [0.3, 0.4) is 0 Å². The summed E-state index contributed by atoms with van der Waals surface area (Å²) in [6.07, 6.45) is 2.19. The maximum atomic E-state index is 6.24. The fourth-order valence-electron chi connectivity index (χ4n) is 2.20. The minimum Gasteiger partial charge on any atom is -0.317 e. The van der Waals surface area contributed by atoms with Crippen molar-refractivity contribution in [1.29, 1.82) is 0 Å². The zero-order valence-electron chi connectivity index (χ0n) is 10.7. The first-order valence-electron chi connectivity index (χ1n) is 6.00. The molecule has 0 fully saturated rings. The molecule has 0 aliphatic rings. The number of hydrogen-bond donors (Lipinski definition) is 1. The van der Waals surface area contributed by atoms with E-state index in [9.17, 15) is 0 Å². The van der Waals surface area contributed by atoms with E-state index in [4.69, 9.17) is 11.6 Å². The normalized spacial score (nSPS) is 14.8. The molecule has 1 nitrogen and oxygen atoms in total. The molecular weight excluding hydrogens is 218 g/mol. The predicted molar refractivity (Wildman–Crippen MR) is 72.2 cm³/mol. The Bertz CT molecular complexity index is 332. The maximum Gasteiger partial charge on any atom is 0.0440 e. The summed E-state index contributed by atoms with van der Waals surface area (Å²) >= 11 is 6.24. The number of halogens is 1. The van der Waals surface area contributed by atoms with Crippen LogP contribution in [-0.2, 0) is 6.42 Å². The molecule has 0 saturated heterocycles. The van der Waals surface area contributed by atoms with Gasteiger partial charge in [-0.1, -0.05) is 37.6 Å². The van der Waals surface area contributed by atoms with Crippen LogP contribution in [0.2, 0.25) is 5.02 Å². The van der Waals surface area contributed by atoms with Gasteiger partial charge >= 0.3 is 0 Å². The Morgan fingerprint density at radius 2 is 2.06 bits per heavy atom. The Morgan fingerprint density at radius 1 is 1.38 bits per heavy atom. The van der Waals surface area contributed by atoms with Crippen LogP contribution in [0.4, 0.5) is 0 Å². The van der Waals surface area contributed by atoms with E-state index in [2.05, 4.69) is 38.2 Å². The zero-order valence-corrected chi connectivity index (χ0v) is 11.4. The smallest absolute Gasteiger partial charge is 0.0440 e. The fourth-order valence-corrected chi connectivity index (χ4v) is 2.51. The van der Waals surface area contributed by atoms with Gasteiger partial charge in [-0.25, -0.2) is 0 Å². The van der Waals surface area contributed by atoms with Crippen molar-refractivity contribution in [3.05, 3.63) is 34.3 Å². The molecule has 0 heterocycles. The Balaban J connectivity index is 2.72. The van der Waals surface area contributed by atoms with Crippen LogP contribution in [0.25, 0.3) is 0 Å². The SMILES string of the molecule is CCC(NC)C(C)Cc1ccc(C)cc1Cl. The van der Waals surface area contributed by atoms with E-state index in [1.54, 1.807) is 0 Å². The van der Waals surface area contributed by atoms with Crippen molar-refractivity contribution in [1.82, 2.24) is 5.32 Å². The predicted octanol–water partition coefficient (Wildman–Crippen LogP) is 3.83. The second kappa shape index (κ2) is 6.27. The molecule has 1 rings (SSSR count). The van der Waals surface area contributed by atoms with Crippen molar-refractivity contribution in [3.8, 4) is 0 Å². The molecule has 90 valence electrons. The molecule has 0 aromatic heterocycles. The summed E-state index contributed by atoms with van der Waals surface area (Å²) in [5.41, 5.74) is 2.48. The lowest BCUT2D eigenvalue weighted by Gasteiger charge is -2.22. The Labute approximate surface area is 104 Å². The first kappa shape index (κ1) is 13.5. The van der Waals surface area contributed by atoms with Gasteiger partial charge in [0, 0.05) is 11.1 Å². The van der Waals surface area contributed by atoms with E-state index in [1.165, 1.54) is 11.1 Å². The van der Waals surface area contributed by atoms with Crippen molar-refractivity contribution in [2.45, 2.75) is 39.7 Å². The summed E-state index contributed by atoms with van der Waals surface area (Å²) in [5, 5.41) is 4.26. The Kier molecular flexibility index (Phi) is 5.30. The van der Waals surface area contributed by atoms with E-state index in [1.807, 2.05) is 13.1 Å². The van der Waals surface area contributed by atoms with E-state index in [-0.39, 0.29) is 0 Å². The molecule has 1 N–H and O–H groups in total. The monoisotopic (exact) mass is 239 g/mol. The van der Waals surface area contributed by atoms with Gasteiger partial charge in [0.2, 0.25) is 0 Å². The zero-order chi connectivity index (χ0) is 12.1. The second-order valence-electron chi connectivity index (χ2n) is 4.58.